The Hall–Kier alpha value is -2.26. The minimum atomic E-state index is -0.289. The van der Waals surface area contributed by atoms with Crippen molar-refractivity contribution in [3.63, 3.8) is 0 Å². The Morgan fingerprint density at radius 3 is 2.71 bits per heavy atom. The van der Waals surface area contributed by atoms with Crippen LogP contribution in [-0.2, 0) is 4.74 Å². The van der Waals surface area contributed by atoms with Crippen molar-refractivity contribution in [3.8, 4) is 10.6 Å². The molecule has 1 fully saturated rings. The van der Waals surface area contributed by atoms with E-state index in [1.165, 1.54) is 11.3 Å². The fraction of sp³-hybridized carbons (Fsp3) is 0.467. The number of aryl methyl sites for hydroxylation is 2. The average Bonchev–Trinajstić information content (AvgIpc) is 2.95. The van der Waals surface area contributed by atoms with Crippen molar-refractivity contribution in [1.82, 2.24) is 20.3 Å². The summed E-state index contributed by atoms with van der Waals surface area (Å²) in [6.45, 7) is 6.81. The lowest BCUT2D eigenvalue weighted by Crippen LogP contribution is -2.37. The number of carbonyl (C=O) groups excluding carboxylic acids is 1. The van der Waals surface area contributed by atoms with Gasteiger partial charge in [0.25, 0.3) is 0 Å². The molecule has 0 bridgehead atoms. The van der Waals surface area contributed by atoms with Gasteiger partial charge in [0, 0.05) is 25.8 Å². The number of rotatable bonds is 3. The van der Waals surface area contributed by atoms with Crippen LogP contribution in [0.3, 0.4) is 0 Å². The highest BCUT2D eigenvalue weighted by Gasteiger charge is 2.18. The van der Waals surface area contributed by atoms with Gasteiger partial charge in [-0.1, -0.05) is 11.3 Å². The molecule has 2 aromatic heterocycles. The summed E-state index contributed by atoms with van der Waals surface area (Å²) in [6.07, 6.45) is 0. The largest absolute Gasteiger partial charge is 0.378 e. The molecule has 8 nitrogen and oxygen atoms in total. The van der Waals surface area contributed by atoms with Crippen molar-refractivity contribution >= 4 is 28.4 Å². The molecule has 2 aromatic rings. The molecule has 0 radical (unpaired) electrons. The molecule has 24 heavy (non-hydrogen) atoms. The highest BCUT2D eigenvalue weighted by molar-refractivity contribution is 7.19. The molecule has 3 heterocycles. The number of hydrogen-bond acceptors (Lipinski definition) is 7. The molecular weight excluding hydrogens is 328 g/mol. The van der Waals surface area contributed by atoms with Crippen molar-refractivity contribution in [2.75, 3.05) is 43.6 Å². The van der Waals surface area contributed by atoms with Gasteiger partial charge in [-0.05, 0) is 19.9 Å². The number of amides is 2. The van der Waals surface area contributed by atoms with Crippen LogP contribution in [0.4, 0.5) is 15.9 Å². The Morgan fingerprint density at radius 1 is 1.25 bits per heavy atom. The van der Waals surface area contributed by atoms with Gasteiger partial charge in [0.05, 0.1) is 29.5 Å². The first-order chi connectivity index (χ1) is 11.6. The van der Waals surface area contributed by atoms with E-state index < -0.39 is 0 Å². The van der Waals surface area contributed by atoms with Crippen molar-refractivity contribution in [2.45, 2.75) is 13.8 Å². The maximum absolute atomic E-state index is 11.5. The van der Waals surface area contributed by atoms with E-state index in [1.807, 2.05) is 19.9 Å². The van der Waals surface area contributed by atoms with Crippen molar-refractivity contribution in [1.29, 1.82) is 0 Å². The van der Waals surface area contributed by atoms with Crippen molar-refractivity contribution < 1.29 is 9.53 Å². The molecule has 2 amide bonds. The highest BCUT2D eigenvalue weighted by atomic mass is 32.1. The smallest absolute Gasteiger partial charge is 0.320 e. The molecule has 3 rings (SSSR count). The molecular formula is C15H20N6O2S. The topological polar surface area (TPSA) is 92.3 Å². The highest BCUT2D eigenvalue weighted by Crippen LogP contribution is 2.32. The number of morpholine rings is 1. The molecule has 0 atom stereocenters. The first-order valence-corrected chi connectivity index (χ1v) is 8.53. The number of hydrogen-bond donors (Lipinski definition) is 2. The van der Waals surface area contributed by atoms with Crippen LogP contribution in [0.2, 0.25) is 0 Å². The summed E-state index contributed by atoms with van der Waals surface area (Å²) in [5.41, 5.74) is 2.55. The fourth-order valence-corrected chi connectivity index (χ4v) is 3.34. The van der Waals surface area contributed by atoms with Crippen LogP contribution in [0.15, 0.2) is 6.07 Å². The first-order valence-electron chi connectivity index (χ1n) is 7.71. The van der Waals surface area contributed by atoms with E-state index in [-0.39, 0.29) is 6.03 Å². The molecule has 0 saturated carbocycles. The van der Waals surface area contributed by atoms with Gasteiger partial charge in [0.1, 0.15) is 0 Å². The lowest BCUT2D eigenvalue weighted by molar-refractivity contribution is 0.122. The van der Waals surface area contributed by atoms with Crippen LogP contribution in [0.5, 0.6) is 0 Å². The number of carbonyl (C=O) groups is 1. The van der Waals surface area contributed by atoms with E-state index in [1.54, 1.807) is 7.05 Å². The maximum Gasteiger partial charge on any atom is 0.320 e. The third kappa shape index (κ3) is 3.62. The van der Waals surface area contributed by atoms with E-state index in [9.17, 15) is 4.79 Å². The van der Waals surface area contributed by atoms with Gasteiger partial charge in [-0.15, -0.1) is 0 Å². The van der Waals surface area contributed by atoms with Crippen molar-refractivity contribution in [3.05, 3.63) is 17.5 Å². The summed E-state index contributed by atoms with van der Waals surface area (Å²) < 4.78 is 5.39. The van der Waals surface area contributed by atoms with Crippen LogP contribution >= 0.6 is 11.3 Å². The Kier molecular flexibility index (Phi) is 4.91. The predicted molar refractivity (Wildman–Crippen MR) is 93.7 cm³/mol. The first kappa shape index (κ1) is 16.6. The SMILES string of the molecule is CNC(=O)Nc1nc(C)c(-c2cc(C)nc(N3CCOCC3)n2)s1. The molecule has 1 aliphatic rings. The lowest BCUT2D eigenvalue weighted by Gasteiger charge is -2.27. The number of nitrogens with zero attached hydrogens (tertiary/aromatic N) is 4. The third-order valence-corrected chi connectivity index (χ3v) is 4.71. The third-order valence-electron chi connectivity index (χ3n) is 3.61. The summed E-state index contributed by atoms with van der Waals surface area (Å²) in [6, 6.07) is 1.65. The van der Waals surface area contributed by atoms with E-state index >= 15 is 0 Å². The van der Waals surface area contributed by atoms with Crippen LogP contribution in [-0.4, -0.2) is 54.3 Å². The van der Waals surface area contributed by atoms with E-state index in [4.69, 9.17) is 9.72 Å². The predicted octanol–water partition coefficient (Wildman–Crippen LogP) is 1.80. The summed E-state index contributed by atoms with van der Waals surface area (Å²) in [4.78, 5) is 28.2. The molecule has 1 aliphatic heterocycles. The maximum atomic E-state index is 11.5. The monoisotopic (exact) mass is 348 g/mol. The molecule has 0 unspecified atom stereocenters. The summed E-state index contributed by atoms with van der Waals surface area (Å²) in [7, 11) is 1.57. The molecule has 2 N–H and O–H groups in total. The van der Waals surface area contributed by atoms with Gasteiger partial charge in [-0.25, -0.2) is 19.7 Å². The van der Waals surface area contributed by atoms with Crippen molar-refractivity contribution in [2.24, 2.45) is 0 Å². The second-order valence-electron chi connectivity index (χ2n) is 5.43. The number of thiazole rings is 1. The number of anilines is 2. The van der Waals surface area contributed by atoms with Gasteiger partial charge < -0.3 is 15.0 Å². The lowest BCUT2D eigenvalue weighted by atomic mass is 10.2. The Bertz CT molecular complexity index is 742. The summed E-state index contributed by atoms with van der Waals surface area (Å²) >= 11 is 1.40. The van der Waals surface area contributed by atoms with E-state index in [0.29, 0.717) is 24.3 Å². The van der Waals surface area contributed by atoms with Crippen LogP contribution in [0.1, 0.15) is 11.4 Å². The zero-order valence-electron chi connectivity index (χ0n) is 13.9. The Labute approximate surface area is 144 Å². The summed E-state index contributed by atoms with van der Waals surface area (Å²) in [5, 5.41) is 5.77. The number of urea groups is 1. The second kappa shape index (κ2) is 7.10. The van der Waals surface area contributed by atoms with Crippen LogP contribution in [0, 0.1) is 13.8 Å². The Balaban J connectivity index is 1.91. The molecule has 0 aromatic carbocycles. The Morgan fingerprint density at radius 2 is 2.00 bits per heavy atom. The average molecular weight is 348 g/mol. The van der Waals surface area contributed by atoms with E-state index in [0.717, 1.165) is 35.0 Å². The zero-order chi connectivity index (χ0) is 17.1. The number of aromatic nitrogens is 3. The molecule has 9 heteroatoms. The van der Waals surface area contributed by atoms with Gasteiger partial charge in [-0.3, -0.25) is 5.32 Å². The van der Waals surface area contributed by atoms with Crippen LogP contribution in [0.25, 0.3) is 10.6 Å². The van der Waals surface area contributed by atoms with E-state index in [2.05, 4.69) is 25.5 Å². The summed E-state index contributed by atoms with van der Waals surface area (Å²) in [5.74, 6) is 0.710. The normalized spacial score (nSPS) is 14.5. The van der Waals surface area contributed by atoms with Gasteiger partial charge in [0.2, 0.25) is 5.95 Å². The quantitative estimate of drug-likeness (QED) is 0.879. The second-order valence-corrected chi connectivity index (χ2v) is 6.43. The molecule has 1 saturated heterocycles. The minimum Gasteiger partial charge on any atom is -0.378 e. The molecule has 0 aliphatic carbocycles. The number of ether oxygens (including phenoxy) is 1. The van der Waals surface area contributed by atoms with Crippen LogP contribution < -0.4 is 15.5 Å². The standard InChI is InChI=1S/C15H20N6O2S/c1-9-8-11(19-13(17-9)21-4-6-23-7-5-21)12-10(2)18-15(24-12)20-14(22)16-3/h8H,4-7H2,1-3H3,(H2,16,18,20,22). The molecule has 128 valence electrons. The fourth-order valence-electron chi connectivity index (χ4n) is 2.42. The minimum absolute atomic E-state index is 0.289. The van der Waals surface area contributed by atoms with Gasteiger partial charge in [-0.2, -0.15) is 0 Å². The number of nitrogens with one attached hydrogen (secondary N) is 2. The zero-order valence-corrected chi connectivity index (χ0v) is 14.7. The van der Waals surface area contributed by atoms with Gasteiger partial charge >= 0.3 is 6.03 Å². The molecule has 0 spiro atoms. The van der Waals surface area contributed by atoms with Gasteiger partial charge in [0.15, 0.2) is 5.13 Å².